The van der Waals surface area contributed by atoms with Gasteiger partial charge in [-0.1, -0.05) is 49.2 Å². The first-order valence-corrected chi connectivity index (χ1v) is 7.26. The number of rotatable bonds is 5. The summed E-state index contributed by atoms with van der Waals surface area (Å²) in [6.45, 7) is 4.89. The third-order valence-corrected chi connectivity index (χ3v) is 3.33. The van der Waals surface area contributed by atoms with Gasteiger partial charge in [-0.15, -0.1) is 0 Å². The van der Waals surface area contributed by atoms with Crippen molar-refractivity contribution < 1.29 is 4.74 Å². The Kier molecular flexibility index (Phi) is 5.30. The van der Waals surface area contributed by atoms with Gasteiger partial charge in [-0.3, -0.25) is 0 Å². The standard InChI is InChI=1S/C16H17Cl2NO/c1-11(2)19-10-12-9-13(17)7-8-15(12)20-16-6-4-3-5-14(16)18/h3-9,11,19H,10H2,1-2H3. The van der Waals surface area contributed by atoms with Crippen LogP contribution in [0.2, 0.25) is 10.0 Å². The van der Waals surface area contributed by atoms with E-state index in [-0.39, 0.29) is 0 Å². The average Bonchev–Trinajstić information content (AvgIpc) is 2.41. The molecule has 0 radical (unpaired) electrons. The van der Waals surface area contributed by atoms with E-state index in [2.05, 4.69) is 19.2 Å². The molecule has 2 rings (SSSR count). The van der Waals surface area contributed by atoms with E-state index in [1.54, 1.807) is 6.07 Å². The van der Waals surface area contributed by atoms with Crippen LogP contribution in [0.25, 0.3) is 0 Å². The van der Waals surface area contributed by atoms with Gasteiger partial charge in [0.15, 0.2) is 0 Å². The summed E-state index contributed by atoms with van der Waals surface area (Å²) in [6, 6.07) is 13.4. The highest BCUT2D eigenvalue weighted by atomic mass is 35.5. The maximum Gasteiger partial charge on any atom is 0.146 e. The van der Waals surface area contributed by atoms with Gasteiger partial charge in [-0.25, -0.2) is 0 Å². The molecule has 0 saturated heterocycles. The molecule has 0 amide bonds. The van der Waals surface area contributed by atoms with E-state index >= 15 is 0 Å². The third-order valence-electron chi connectivity index (χ3n) is 2.78. The lowest BCUT2D eigenvalue weighted by Crippen LogP contribution is -2.22. The van der Waals surface area contributed by atoms with Crippen LogP contribution < -0.4 is 10.1 Å². The average molecular weight is 310 g/mol. The predicted molar refractivity (Wildman–Crippen MR) is 85.0 cm³/mol. The van der Waals surface area contributed by atoms with Crippen molar-refractivity contribution in [1.29, 1.82) is 0 Å². The fraction of sp³-hybridized carbons (Fsp3) is 0.250. The summed E-state index contributed by atoms with van der Waals surface area (Å²) in [5.74, 6) is 1.40. The highest BCUT2D eigenvalue weighted by Crippen LogP contribution is 2.32. The van der Waals surface area contributed by atoms with Crippen LogP contribution in [0.3, 0.4) is 0 Å². The first-order chi connectivity index (χ1) is 9.56. The summed E-state index contributed by atoms with van der Waals surface area (Å²) in [5.41, 5.74) is 1.01. The van der Waals surface area contributed by atoms with Crippen LogP contribution in [-0.4, -0.2) is 6.04 Å². The summed E-state index contributed by atoms with van der Waals surface area (Å²) in [4.78, 5) is 0. The lowest BCUT2D eigenvalue weighted by atomic mass is 10.2. The first-order valence-electron chi connectivity index (χ1n) is 6.50. The van der Waals surface area contributed by atoms with Crippen molar-refractivity contribution >= 4 is 23.2 Å². The van der Waals surface area contributed by atoms with Gasteiger partial charge in [0.25, 0.3) is 0 Å². The molecule has 0 unspecified atom stereocenters. The molecular formula is C16H17Cl2NO. The second-order valence-electron chi connectivity index (χ2n) is 4.82. The molecule has 0 bridgehead atoms. The number of hydrogen-bond donors (Lipinski definition) is 1. The number of halogens is 2. The second-order valence-corrected chi connectivity index (χ2v) is 5.66. The molecule has 4 heteroatoms. The van der Waals surface area contributed by atoms with E-state index in [0.29, 0.717) is 28.4 Å². The molecule has 0 saturated carbocycles. The Bertz CT molecular complexity index is 584. The number of nitrogens with one attached hydrogen (secondary N) is 1. The van der Waals surface area contributed by atoms with E-state index in [0.717, 1.165) is 11.3 Å². The largest absolute Gasteiger partial charge is 0.455 e. The van der Waals surface area contributed by atoms with Gasteiger partial charge in [0.2, 0.25) is 0 Å². The number of ether oxygens (including phenoxy) is 1. The SMILES string of the molecule is CC(C)NCc1cc(Cl)ccc1Oc1ccccc1Cl. The van der Waals surface area contributed by atoms with Crippen molar-refractivity contribution in [2.75, 3.05) is 0 Å². The van der Waals surface area contributed by atoms with Crippen LogP contribution in [0.4, 0.5) is 0 Å². The van der Waals surface area contributed by atoms with E-state index in [1.807, 2.05) is 36.4 Å². The minimum atomic E-state index is 0.391. The minimum absolute atomic E-state index is 0.391. The number of hydrogen-bond acceptors (Lipinski definition) is 2. The van der Waals surface area contributed by atoms with Gasteiger partial charge >= 0.3 is 0 Å². The van der Waals surface area contributed by atoms with Gasteiger partial charge in [-0.05, 0) is 30.3 Å². The lowest BCUT2D eigenvalue weighted by molar-refractivity contribution is 0.469. The van der Waals surface area contributed by atoms with E-state index < -0.39 is 0 Å². The highest BCUT2D eigenvalue weighted by Gasteiger charge is 2.08. The van der Waals surface area contributed by atoms with Crippen LogP contribution in [0.5, 0.6) is 11.5 Å². The fourth-order valence-corrected chi connectivity index (χ4v) is 2.11. The molecule has 2 nitrogen and oxygen atoms in total. The molecule has 0 aliphatic rings. The normalized spacial score (nSPS) is 10.8. The van der Waals surface area contributed by atoms with Gasteiger partial charge in [0.05, 0.1) is 5.02 Å². The van der Waals surface area contributed by atoms with Crippen LogP contribution in [0.15, 0.2) is 42.5 Å². The summed E-state index contributed by atoms with van der Waals surface area (Å²) >= 11 is 12.2. The van der Waals surface area contributed by atoms with Gasteiger partial charge < -0.3 is 10.1 Å². The molecule has 0 heterocycles. The molecule has 0 fully saturated rings. The van der Waals surface area contributed by atoms with Crippen LogP contribution in [0, 0.1) is 0 Å². The van der Waals surface area contributed by atoms with E-state index in [9.17, 15) is 0 Å². The minimum Gasteiger partial charge on any atom is -0.455 e. The Hall–Kier alpha value is -1.22. The molecule has 20 heavy (non-hydrogen) atoms. The maximum atomic E-state index is 6.12. The van der Waals surface area contributed by atoms with Crippen LogP contribution >= 0.6 is 23.2 Å². The molecule has 0 aromatic heterocycles. The zero-order valence-corrected chi connectivity index (χ0v) is 13.0. The molecular weight excluding hydrogens is 293 g/mol. The molecule has 2 aromatic carbocycles. The van der Waals surface area contributed by atoms with Crippen molar-refractivity contribution in [3.8, 4) is 11.5 Å². The quantitative estimate of drug-likeness (QED) is 0.811. The molecule has 2 aromatic rings. The molecule has 0 spiro atoms. The Labute approximate surface area is 129 Å². The summed E-state index contributed by atoms with van der Waals surface area (Å²) in [5, 5.41) is 4.64. The van der Waals surface area contributed by atoms with Crippen molar-refractivity contribution in [1.82, 2.24) is 5.32 Å². The summed E-state index contributed by atoms with van der Waals surface area (Å²) < 4.78 is 5.90. The maximum absolute atomic E-state index is 6.12. The monoisotopic (exact) mass is 309 g/mol. The van der Waals surface area contributed by atoms with Crippen LogP contribution in [-0.2, 0) is 6.54 Å². The fourth-order valence-electron chi connectivity index (χ4n) is 1.75. The lowest BCUT2D eigenvalue weighted by Gasteiger charge is -2.14. The predicted octanol–water partition coefficient (Wildman–Crippen LogP) is 5.28. The van der Waals surface area contributed by atoms with Crippen LogP contribution in [0.1, 0.15) is 19.4 Å². The highest BCUT2D eigenvalue weighted by molar-refractivity contribution is 6.32. The zero-order chi connectivity index (χ0) is 14.5. The molecule has 0 atom stereocenters. The molecule has 0 aliphatic carbocycles. The Morgan fingerprint density at radius 1 is 1.05 bits per heavy atom. The topological polar surface area (TPSA) is 21.3 Å². The van der Waals surface area contributed by atoms with Crippen molar-refractivity contribution in [3.05, 3.63) is 58.1 Å². The zero-order valence-electron chi connectivity index (χ0n) is 11.5. The smallest absolute Gasteiger partial charge is 0.146 e. The second kappa shape index (κ2) is 6.98. The Balaban J connectivity index is 2.24. The summed E-state index contributed by atoms with van der Waals surface area (Å²) in [6.07, 6.45) is 0. The summed E-state index contributed by atoms with van der Waals surface area (Å²) in [7, 11) is 0. The number of benzene rings is 2. The Morgan fingerprint density at radius 2 is 1.80 bits per heavy atom. The van der Waals surface area contributed by atoms with E-state index in [4.69, 9.17) is 27.9 Å². The Morgan fingerprint density at radius 3 is 2.50 bits per heavy atom. The number of para-hydroxylation sites is 1. The van der Waals surface area contributed by atoms with E-state index in [1.165, 1.54) is 0 Å². The molecule has 106 valence electrons. The van der Waals surface area contributed by atoms with Gasteiger partial charge in [0.1, 0.15) is 11.5 Å². The van der Waals surface area contributed by atoms with Crippen molar-refractivity contribution in [2.45, 2.75) is 26.4 Å². The first kappa shape index (κ1) is 15.2. The van der Waals surface area contributed by atoms with Gasteiger partial charge in [-0.2, -0.15) is 0 Å². The van der Waals surface area contributed by atoms with Gasteiger partial charge in [0, 0.05) is 23.2 Å². The third kappa shape index (κ3) is 4.14. The van der Waals surface area contributed by atoms with Crippen molar-refractivity contribution in [3.63, 3.8) is 0 Å². The molecule has 1 N–H and O–H groups in total. The van der Waals surface area contributed by atoms with Crippen molar-refractivity contribution in [2.24, 2.45) is 0 Å². The molecule has 0 aliphatic heterocycles.